The van der Waals surface area contributed by atoms with Gasteiger partial charge in [0.25, 0.3) is 0 Å². The molecule has 0 aromatic heterocycles. The minimum Gasteiger partial charge on any atom is -0.319 e. The Morgan fingerprint density at radius 1 is 1.30 bits per heavy atom. The molecule has 1 aromatic rings. The van der Waals surface area contributed by atoms with Gasteiger partial charge >= 0.3 is 0 Å². The fourth-order valence-electron chi connectivity index (χ4n) is 2.91. The summed E-state index contributed by atoms with van der Waals surface area (Å²) >= 11 is 0. The normalized spacial score (nSPS) is 22.1. The van der Waals surface area contributed by atoms with Gasteiger partial charge in [-0.2, -0.15) is 0 Å². The Bertz CT molecular complexity index is 455. The summed E-state index contributed by atoms with van der Waals surface area (Å²) in [4.78, 5) is 14.2. The molecule has 0 bridgehead atoms. The fraction of sp³-hybridized carbons (Fsp3) is 0.588. The Morgan fingerprint density at radius 2 is 1.95 bits per heavy atom. The van der Waals surface area contributed by atoms with Gasteiger partial charge in [0.1, 0.15) is 6.17 Å². The van der Waals surface area contributed by atoms with Crippen molar-refractivity contribution in [3.63, 3.8) is 0 Å². The Hall–Kier alpha value is -1.35. The number of hydrogen-bond acceptors (Lipinski definition) is 2. The summed E-state index contributed by atoms with van der Waals surface area (Å²) < 4.78 is 0. The van der Waals surface area contributed by atoms with Crippen LogP contribution < -0.4 is 5.32 Å². The lowest BCUT2D eigenvalue weighted by atomic mass is 9.98. The molecule has 2 rings (SSSR count). The quantitative estimate of drug-likeness (QED) is 0.894. The molecule has 1 N–H and O–H groups in total. The molecule has 0 radical (unpaired) electrons. The van der Waals surface area contributed by atoms with Crippen LogP contribution in [0.4, 0.5) is 0 Å². The summed E-state index contributed by atoms with van der Waals surface area (Å²) in [6, 6.07) is 8.73. The highest BCUT2D eigenvalue weighted by molar-refractivity contribution is 5.81. The molecule has 1 aromatic carbocycles. The van der Waals surface area contributed by atoms with Crippen LogP contribution in [-0.2, 0) is 4.79 Å². The molecule has 1 fully saturated rings. The predicted octanol–water partition coefficient (Wildman–Crippen LogP) is 3.25. The Labute approximate surface area is 122 Å². The third-order valence-corrected chi connectivity index (χ3v) is 4.32. The highest BCUT2D eigenvalue weighted by Crippen LogP contribution is 2.27. The van der Waals surface area contributed by atoms with Gasteiger partial charge in [0.15, 0.2) is 0 Å². The number of aryl methyl sites for hydroxylation is 1. The molecule has 1 saturated heterocycles. The van der Waals surface area contributed by atoms with E-state index in [0.717, 1.165) is 12.8 Å². The van der Waals surface area contributed by atoms with E-state index in [4.69, 9.17) is 0 Å². The van der Waals surface area contributed by atoms with E-state index in [9.17, 15) is 4.79 Å². The molecule has 3 unspecified atom stereocenters. The number of carbonyl (C=O) groups is 1. The SMILES string of the molecule is CCC(C)CC(C)N1C(=O)CNC1c1ccc(C)cc1. The molecule has 3 heteroatoms. The standard InChI is InChI=1S/C17H26N2O/c1-5-12(2)10-14(4)19-16(20)11-18-17(19)15-8-6-13(3)7-9-15/h6-9,12,14,17-18H,5,10-11H2,1-4H3. The van der Waals surface area contributed by atoms with E-state index in [0.29, 0.717) is 12.5 Å². The predicted molar refractivity (Wildman–Crippen MR) is 82.3 cm³/mol. The Morgan fingerprint density at radius 3 is 2.55 bits per heavy atom. The monoisotopic (exact) mass is 274 g/mol. The highest BCUT2D eigenvalue weighted by atomic mass is 16.2. The van der Waals surface area contributed by atoms with Crippen molar-refractivity contribution in [3.05, 3.63) is 35.4 Å². The molecule has 1 heterocycles. The van der Waals surface area contributed by atoms with Crippen LogP contribution in [0.2, 0.25) is 0 Å². The second-order valence-electron chi connectivity index (χ2n) is 6.09. The van der Waals surface area contributed by atoms with Crippen molar-refractivity contribution in [1.82, 2.24) is 10.2 Å². The highest BCUT2D eigenvalue weighted by Gasteiger charge is 2.35. The number of benzene rings is 1. The van der Waals surface area contributed by atoms with E-state index < -0.39 is 0 Å². The summed E-state index contributed by atoms with van der Waals surface area (Å²) in [6.07, 6.45) is 2.25. The van der Waals surface area contributed by atoms with Crippen LogP contribution in [0.1, 0.15) is 50.9 Å². The topological polar surface area (TPSA) is 32.3 Å². The van der Waals surface area contributed by atoms with Crippen molar-refractivity contribution >= 4 is 5.91 Å². The summed E-state index contributed by atoms with van der Waals surface area (Å²) in [7, 11) is 0. The van der Waals surface area contributed by atoms with Crippen molar-refractivity contribution in [3.8, 4) is 0 Å². The summed E-state index contributed by atoms with van der Waals surface area (Å²) in [6.45, 7) is 9.16. The lowest BCUT2D eigenvalue weighted by Gasteiger charge is -2.32. The summed E-state index contributed by atoms with van der Waals surface area (Å²) in [5.41, 5.74) is 2.43. The first-order chi connectivity index (χ1) is 9.52. The number of hydrogen-bond donors (Lipinski definition) is 1. The maximum absolute atomic E-state index is 12.2. The van der Waals surface area contributed by atoms with E-state index in [1.54, 1.807) is 0 Å². The summed E-state index contributed by atoms with van der Waals surface area (Å²) in [5.74, 6) is 0.864. The first-order valence-corrected chi connectivity index (χ1v) is 7.64. The van der Waals surface area contributed by atoms with Gasteiger partial charge in [-0.15, -0.1) is 0 Å². The number of carbonyl (C=O) groups excluding carboxylic acids is 1. The van der Waals surface area contributed by atoms with Gasteiger partial charge in [0.05, 0.1) is 6.54 Å². The minimum atomic E-state index is 0.0298. The van der Waals surface area contributed by atoms with Crippen LogP contribution in [0.25, 0.3) is 0 Å². The average molecular weight is 274 g/mol. The first-order valence-electron chi connectivity index (χ1n) is 7.64. The van der Waals surface area contributed by atoms with Crippen LogP contribution >= 0.6 is 0 Å². The molecular formula is C17H26N2O. The van der Waals surface area contributed by atoms with Gasteiger partial charge in [-0.1, -0.05) is 50.1 Å². The zero-order valence-electron chi connectivity index (χ0n) is 13.0. The van der Waals surface area contributed by atoms with E-state index >= 15 is 0 Å². The largest absolute Gasteiger partial charge is 0.319 e. The van der Waals surface area contributed by atoms with E-state index in [-0.39, 0.29) is 18.1 Å². The molecule has 0 aliphatic carbocycles. The van der Waals surface area contributed by atoms with Crippen molar-refractivity contribution in [2.24, 2.45) is 5.92 Å². The van der Waals surface area contributed by atoms with Gasteiger partial charge in [-0.3, -0.25) is 10.1 Å². The molecule has 1 aliphatic rings. The fourth-order valence-corrected chi connectivity index (χ4v) is 2.91. The molecule has 20 heavy (non-hydrogen) atoms. The zero-order valence-corrected chi connectivity index (χ0v) is 13.0. The van der Waals surface area contributed by atoms with Gasteiger partial charge in [-0.25, -0.2) is 0 Å². The molecule has 3 atom stereocenters. The summed E-state index contributed by atoms with van der Waals surface area (Å²) in [5, 5.41) is 3.34. The van der Waals surface area contributed by atoms with Gasteiger partial charge in [0.2, 0.25) is 5.91 Å². The van der Waals surface area contributed by atoms with Crippen LogP contribution in [-0.4, -0.2) is 23.4 Å². The Balaban J connectivity index is 2.15. The molecular weight excluding hydrogens is 248 g/mol. The van der Waals surface area contributed by atoms with Gasteiger partial charge < -0.3 is 4.90 Å². The lowest BCUT2D eigenvalue weighted by molar-refractivity contribution is -0.130. The van der Waals surface area contributed by atoms with Gasteiger partial charge in [0, 0.05) is 6.04 Å². The van der Waals surface area contributed by atoms with Crippen molar-refractivity contribution in [2.75, 3.05) is 6.54 Å². The van der Waals surface area contributed by atoms with Crippen molar-refractivity contribution in [2.45, 2.75) is 52.7 Å². The van der Waals surface area contributed by atoms with E-state index in [2.05, 4.69) is 57.3 Å². The third-order valence-electron chi connectivity index (χ3n) is 4.32. The molecule has 110 valence electrons. The second kappa shape index (κ2) is 6.40. The Kier molecular flexibility index (Phi) is 4.81. The van der Waals surface area contributed by atoms with Crippen molar-refractivity contribution < 1.29 is 4.79 Å². The molecule has 0 saturated carbocycles. The lowest BCUT2D eigenvalue weighted by Crippen LogP contribution is -2.38. The number of amides is 1. The first kappa shape index (κ1) is 15.0. The molecule has 1 aliphatic heterocycles. The molecule has 0 spiro atoms. The van der Waals surface area contributed by atoms with Crippen LogP contribution in [0.3, 0.4) is 0 Å². The number of nitrogens with zero attached hydrogens (tertiary/aromatic N) is 1. The smallest absolute Gasteiger partial charge is 0.238 e. The van der Waals surface area contributed by atoms with Crippen LogP contribution in [0.15, 0.2) is 24.3 Å². The zero-order chi connectivity index (χ0) is 14.7. The minimum absolute atomic E-state index is 0.0298. The maximum atomic E-state index is 12.2. The van der Waals surface area contributed by atoms with E-state index in [1.165, 1.54) is 11.1 Å². The third kappa shape index (κ3) is 3.21. The number of rotatable bonds is 5. The van der Waals surface area contributed by atoms with E-state index in [1.807, 2.05) is 4.90 Å². The van der Waals surface area contributed by atoms with Gasteiger partial charge in [-0.05, 0) is 31.7 Å². The average Bonchev–Trinajstić information content (AvgIpc) is 2.81. The second-order valence-corrected chi connectivity index (χ2v) is 6.09. The van der Waals surface area contributed by atoms with Crippen molar-refractivity contribution in [1.29, 1.82) is 0 Å². The number of nitrogens with one attached hydrogen (secondary N) is 1. The van der Waals surface area contributed by atoms with Crippen LogP contribution in [0, 0.1) is 12.8 Å². The maximum Gasteiger partial charge on any atom is 0.238 e. The molecule has 1 amide bonds. The van der Waals surface area contributed by atoms with Crippen LogP contribution in [0.5, 0.6) is 0 Å². The molecule has 3 nitrogen and oxygen atoms in total.